The highest BCUT2D eigenvalue weighted by molar-refractivity contribution is 7.19. The number of aryl methyl sites for hydroxylation is 2. The summed E-state index contributed by atoms with van der Waals surface area (Å²) in [4.78, 5) is 22.5. The fourth-order valence-corrected chi connectivity index (χ4v) is 4.10. The summed E-state index contributed by atoms with van der Waals surface area (Å²) in [6, 6.07) is 16.9. The fraction of sp³-hybridized carbons (Fsp3) is 0.136. The van der Waals surface area contributed by atoms with Crippen molar-refractivity contribution in [3.05, 3.63) is 72.6 Å². The number of aromatic hydroxyl groups is 1. The number of rotatable bonds is 6. The average molecular weight is 404 g/mol. The highest BCUT2D eigenvalue weighted by Gasteiger charge is 2.19. The molecule has 6 nitrogen and oxygen atoms in total. The lowest BCUT2D eigenvalue weighted by Gasteiger charge is -2.04. The van der Waals surface area contributed by atoms with Crippen molar-refractivity contribution in [3.63, 3.8) is 0 Å². The van der Waals surface area contributed by atoms with Crippen molar-refractivity contribution in [2.75, 3.05) is 5.32 Å². The molecule has 1 amide bonds. The first-order valence-corrected chi connectivity index (χ1v) is 10.0. The molecular formula is C22H20N4O2S. The fourth-order valence-electron chi connectivity index (χ4n) is 3.05. The molecule has 2 aromatic carbocycles. The minimum absolute atomic E-state index is 0.145. The second kappa shape index (κ2) is 8.28. The SMILES string of the molecule is Cn1ccnc1-c1sc(NC(=O)CCc2ccccc2O)nc1-c1ccccc1. The zero-order valence-electron chi connectivity index (χ0n) is 15.9. The first-order chi connectivity index (χ1) is 14.1. The van der Waals surface area contributed by atoms with Gasteiger partial charge in [0.2, 0.25) is 5.91 Å². The largest absolute Gasteiger partial charge is 0.508 e. The van der Waals surface area contributed by atoms with E-state index >= 15 is 0 Å². The quantitative estimate of drug-likeness (QED) is 0.496. The highest BCUT2D eigenvalue weighted by atomic mass is 32.1. The number of carbonyl (C=O) groups is 1. The van der Waals surface area contributed by atoms with E-state index < -0.39 is 0 Å². The third-order valence-electron chi connectivity index (χ3n) is 4.56. The van der Waals surface area contributed by atoms with Crippen LogP contribution in [0.4, 0.5) is 5.13 Å². The summed E-state index contributed by atoms with van der Waals surface area (Å²) < 4.78 is 1.93. The number of carbonyl (C=O) groups excluding carboxylic acids is 1. The van der Waals surface area contributed by atoms with Gasteiger partial charge >= 0.3 is 0 Å². The predicted molar refractivity (Wildman–Crippen MR) is 115 cm³/mol. The lowest BCUT2D eigenvalue weighted by Crippen LogP contribution is -2.12. The van der Waals surface area contributed by atoms with Crippen LogP contribution in [0.2, 0.25) is 0 Å². The maximum Gasteiger partial charge on any atom is 0.226 e. The molecule has 0 aliphatic rings. The summed E-state index contributed by atoms with van der Waals surface area (Å²) >= 11 is 1.40. The molecule has 0 aliphatic heterocycles. The standard InChI is InChI=1S/C22H20N4O2S/c1-26-14-13-23-21(26)20-19(16-8-3-2-4-9-16)25-22(29-20)24-18(28)12-11-15-7-5-6-10-17(15)27/h2-10,13-14,27H,11-12H2,1H3,(H,24,25,28). The second-order valence-corrected chi connectivity index (χ2v) is 7.60. The Balaban J connectivity index is 1.56. The van der Waals surface area contributed by atoms with Gasteiger partial charge in [-0.25, -0.2) is 9.97 Å². The van der Waals surface area contributed by atoms with E-state index in [4.69, 9.17) is 0 Å². The monoisotopic (exact) mass is 404 g/mol. The normalized spacial score (nSPS) is 10.8. The van der Waals surface area contributed by atoms with Crippen LogP contribution in [0.3, 0.4) is 0 Å². The second-order valence-electron chi connectivity index (χ2n) is 6.60. The summed E-state index contributed by atoms with van der Waals surface area (Å²) in [5.41, 5.74) is 2.51. The van der Waals surface area contributed by atoms with E-state index in [1.54, 1.807) is 18.3 Å². The number of phenols is 1. The van der Waals surface area contributed by atoms with E-state index in [9.17, 15) is 9.90 Å². The molecule has 4 aromatic rings. The molecule has 0 atom stereocenters. The molecule has 0 aliphatic carbocycles. The molecule has 0 radical (unpaired) electrons. The molecule has 0 spiro atoms. The number of imidazole rings is 1. The first-order valence-electron chi connectivity index (χ1n) is 9.22. The van der Waals surface area contributed by atoms with Gasteiger partial charge in [-0.1, -0.05) is 59.9 Å². The summed E-state index contributed by atoms with van der Waals surface area (Å²) in [5.74, 6) is 0.863. The lowest BCUT2D eigenvalue weighted by atomic mass is 10.1. The predicted octanol–water partition coefficient (Wildman–Crippen LogP) is 4.49. The minimum Gasteiger partial charge on any atom is -0.508 e. The van der Waals surface area contributed by atoms with Crippen LogP contribution in [-0.4, -0.2) is 25.5 Å². The molecule has 146 valence electrons. The Morgan fingerprint density at radius 1 is 1.14 bits per heavy atom. The first kappa shape index (κ1) is 18.9. The number of hydrogen-bond acceptors (Lipinski definition) is 5. The van der Waals surface area contributed by atoms with E-state index in [0.717, 1.165) is 27.5 Å². The van der Waals surface area contributed by atoms with Crippen molar-refractivity contribution in [2.45, 2.75) is 12.8 Å². The van der Waals surface area contributed by atoms with Gasteiger partial charge in [-0.15, -0.1) is 0 Å². The van der Waals surface area contributed by atoms with E-state index in [0.29, 0.717) is 11.6 Å². The number of amides is 1. The molecule has 0 saturated carbocycles. The maximum absolute atomic E-state index is 12.5. The molecule has 29 heavy (non-hydrogen) atoms. The van der Waals surface area contributed by atoms with Crippen molar-refractivity contribution < 1.29 is 9.90 Å². The molecule has 2 aromatic heterocycles. The number of phenolic OH excluding ortho intramolecular Hbond substituents is 1. The van der Waals surface area contributed by atoms with Crippen molar-refractivity contribution >= 4 is 22.4 Å². The van der Waals surface area contributed by atoms with Gasteiger partial charge in [0.25, 0.3) is 0 Å². The van der Waals surface area contributed by atoms with Crippen LogP contribution < -0.4 is 5.32 Å². The Hall–Kier alpha value is -3.45. The number of para-hydroxylation sites is 1. The Morgan fingerprint density at radius 3 is 2.62 bits per heavy atom. The van der Waals surface area contributed by atoms with Crippen LogP contribution in [0.1, 0.15) is 12.0 Å². The van der Waals surface area contributed by atoms with Gasteiger partial charge in [0, 0.05) is 31.4 Å². The van der Waals surface area contributed by atoms with Crippen molar-refractivity contribution in [1.82, 2.24) is 14.5 Å². The Labute approximate surface area is 172 Å². The van der Waals surface area contributed by atoms with Crippen molar-refractivity contribution in [2.24, 2.45) is 7.05 Å². The number of nitrogens with one attached hydrogen (secondary N) is 1. The highest BCUT2D eigenvalue weighted by Crippen LogP contribution is 2.38. The van der Waals surface area contributed by atoms with Gasteiger partial charge in [0.15, 0.2) is 11.0 Å². The van der Waals surface area contributed by atoms with Crippen LogP contribution in [-0.2, 0) is 18.3 Å². The third-order valence-corrected chi connectivity index (χ3v) is 5.52. The molecule has 2 heterocycles. The third kappa shape index (κ3) is 4.20. The summed E-state index contributed by atoms with van der Waals surface area (Å²) in [7, 11) is 1.93. The van der Waals surface area contributed by atoms with Crippen LogP contribution in [0, 0.1) is 0 Å². The molecule has 7 heteroatoms. The number of nitrogens with zero attached hydrogens (tertiary/aromatic N) is 3. The van der Waals surface area contributed by atoms with Crippen molar-refractivity contribution in [1.29, 1.82) is 0 Å². The zero-order chi connectivity index (χ0) is 20.2. The maximum atomic E-state index is 12.5. The summed E-state index contributed by atoms with van der Waals surface area (Å²) in [6.45, 7) is 0. The van der Waals surface area contributed by atoms with Crippen LogP contribution in [0.5, 0.6) is 5.75 Å². The Morgan fingerprint density at radius 2 is 1.90 bits per heavy atom. The van der Waals surface area contributed by atoms with Crippen LogP contribution >= 0.6 is 11.3 Å². The zero-order valence-corrected chi connectivity index (χ0v) is 16.7. The van der Waals surface area contributed by atoms with E-state index in [1.807, 2.05) is 60.3 Å². The van der Waals surface area contributed by atoms with Gasteiger partial charge in [-0.2, -0.15) is 0 Å². The Kier molecular flexibility index (Phi) is 5.39. The molecule has 0 unspecified atom stereocenters. The number of benzene rings is 2. The molecule has 2 N–H and O–H groups in total. The molecule has 0 bridgehead atoms. The molecule has 0 saturated heterocycles. The smallest absolute Gasteiger partial charge is 0.226 e. The van der Waals surface area contributed by atoms with E-state index in [-0.39, 0.29) is 18.1 Å². The van der Waals surface area contributed by atoms with E-state index in [2.05, 4.69) is 15.3 Å². The summed E-state index contributed by atoms with van der Waals surface area (Å²) in [6.07, 6.45) is 4.35. The van der Waals surface area contributed by atoms with Crippen molar-refractivity contribution in [3.8, 4) is 27.7 Å². The lowest BCUT2D eigenvalue weighted by molar-refractivity contribution is -0.116. The number of anilines is 1. The minimum atomic E-state index is -0.145. The van der Waals surface area contributed by atoms with Gasteiger partial charge in [0.05, 0.1) is 10.6 Å². The van der Waals surface area contributed by atoms with Gasteiger partial charge in [0.1, 0.15) is 5.75 Å². The van der Waals surface area contributed by atoms with E-state index in [1.165, 1.54) is 11.3 Å². The molecule has 4 rings (SSSR count). The van der Waals surface area contributed by atoms with Gasteiger partial charge in [-0.3, -0.25) is 4.79 Å². The van der Waals surface area contributed by atoms with Crippen LogP contribution in [0.25, 0.3) is 22.0 Å². The molecule has 0 fully saturated rings. The Bertz CT molecular complexity index is 1130. The van der Waals surface area contributed by atoms with Gasteiger partial charge < -0.3 is 15.0 Å². The van der Waals surface area contributed by atoms with Crippen LogP contribution in [0.15, 0.2) is 67.0 Å². The number of thiazole rings is 1. The van der Waals surface area contributed by atoms with Gasteiger partial charge in [-0.05, 0) is 18.1 Å². The topological polar surface area (TPSA) is 80.0 Å². The number of aromatic nitrogens is 3. The molecular weight excluding hydrogens is 384 g/mol. The number of hydrogen-bond donors (Lipinski definition) is 2. The average Bonchev–Trinajstić information content (AvgIpc) is 3.34. The summed E-state index contributed by atoms with van der Waals surface area (Å²) in [5, 5.41) is 13.3.